The number of nitrogens with one attached hydrogen (secondary N) is 1. The number of hydrogen-bond acceptors (Lipinski definition) is 4. The van der Waals surface area contributed by atoms with Crippen molar-refractivity contribution >= 4 is 0 Å². The Morgan fingerprint density at radius 1 is 1.38 bits per heavy atom. The molecule has 4 N–H and O–H groups in total. The van der Waals surface area contributed by atoms with Crippen LogP contribution in [0.1, 0.15) is 39.5 Å². The fraction of sp³-hybridized carbons (Fsp3) is 1.00. The van der Waals surface area contributed by atoms with Gasteiger partial charge in [0.1, 0.15) is 0 Å². The van der Waals surface area contributed by atoms with Gasteiger partial charge >= 0.3 is 0 Å². The van der Waals surface area contributed by atoms with Crippen molar-refractivity contribution in [3.05, 3.63) is 0 Å². The summed E-state index contributed by atoms with van der Waals surface area (Å²) in [6.07, 6.45) is 3.59. The van der Waals surface area contributed by atoms with E-state index in [0.29, 0.717) is 12.6 Å². The molecular formula is C12H26N2O2. The van der Waals surface area contributed by atoms with Crippen LogP contribution in [0.15, 0.2) is 0 Å². The first-order chi connectivity index (χ1) is 7.58. The number of ether oxygens (including phenoxy) is 1. The van der Waals surface area contributed by atoms with Crippen molar-refractivity contribution in [1.29, 1.82) is 0 Å². The highest BCUT2D eigenvalue weighted by atomic mass is 16.5. The molecule has 1 saturated heterocycles. The minimum absolute atomic E-state index is 0.00477. The van der Waals surface area contributed by atoms with Crippen LogP contribution >= 0.6 is 0 Å². The second kappa shape index (κ2) is 6.55. The van der Waals surface area contributed by atoms with Crippen molar-refractivity contribution in [3.63, 3.8) is 0 Å². The fourth-order valence-corrected chi connectivity index (χ4v) is 2.51. The lowest BCUT2D eigenvalue weighted by atomic mass is 9.89. The molecule has 1 heterocycles. The predicted octanol–water partition coefficient (Wildman–Crippen LogP) is 0.633. The molecule has 3 atom stereocenters. The summed E-state index contributed by atoms with van der Waals surface area (Å²) in [6.45, 7) is 6.19. The van der Waals surface area contributed by atoms with Gasteiger partial charge in [-0.05, 0) is 39.5 Å². The zero-order chi connectivity index (χ0) is 12.0. The summed E-state index contributed by atoms with van der Waals surface area (Å²) in [7, 11) is 0. The van der Waals surface area contributed by atoms with E-state index in [1.807, 2.05) is 6.92 Å². The van der Waals surface area contributed by atoms with Crippen LogP contribution in [0.25, 0.3) is 0 Å². The smallest absolute Gasteiger partial charge is 0.0526 e. The van der Waals surface area contributed by atoms with Crippen molar-refractivity contribution < 1.29 is 9.84 Å². The molecule has 96 valence electrons. The molecule has 4 nitrogen and oxygen atoms in total. The molecular weight excluding hydrogens is 204 g/mol. The molecule has 1 rings (SSSR count). The molecule has 0 spiro atoms. The summed E-state index contributed by atoms with van der Waals surface area (Å²) in [5.41, 5.74) is 5.91. The fourth-order valence-electron chi connectivity index (χ4n) is 2.51. The normalized spacial score (nSPS) is 30.8. The van der Waals surface area contributed by atoms with Crippen LogP contribution in [0.5, 0.6) is 0 Å². The van der Waals surface area contributed by atoms with Crippen LogP contribution in [0.4, 0.5) is 0 Å². The van der Waals surface area contributed by atoms with E-state index in [1.165, 1.54) is 0 Å². The standard InChI is InChI=1S/C12H26N2O2/c1-10(8-11(2)15)14-12(9-13)4-3-6-16-7-5-12/h10-11,14-15H,3-9,13H2,1-2H3. The van der Waals surface area contributed by atoms with E-state index in [1.54, 1.807) is 0 Å². The van der Waals surface area contributed by atoms with Crippen LogP contribution in [0, 0.1) is 0 Å². The molecule has 1 fully saturated rings. The number of nitrogens with two attached hydrogens (primary N) is 1. The van der Waals surface area contributed by atoms with Crippen molar-refractivity contribution in [3.8, 4) is 0 Å². The van der Waals surface area contributed by atoms with Gasteiger partial charge in [0.2, 0.25) is 0 Å². The van der Waals surface area contributed by atoms with Crippen LogP contribution < -0.4 is 11.1 Å². The molecule has 0 radical (unpaired) electrons. The molecule has 0 saturated carbocycles. The highest BCUT2D eigenvalue weighted by Gasteiger charge is 2.30. The molecule has 1 aliphatic rings. The second-order valence-corrected chi connectivity index (χ2v) is 5.08. The van der Waals surface area contributed by atoms with Crippen LogP contribution in [0.3, 0.4) is 0 Å². The number of aliphatic hydroxyl groups excluding tert-OH is 1. The van der Waals surface area contributed by atoms with E-state index in [0.717, 1.165) is 38.9 Å². The van der Waals surface area contributed by atoms with Gasteiger partial charge in [-0.25, -0.2) is 0 Å². The predicted molar refractivity (Wildman–Crippen MR) is 65.4 cm³/mol. The summed E-state index contributed by atoms with van der Waals surface area (Å²) >= 11 is 0. The first kappa shape index (κ1) is 13.9. The Morgan fingerprint density at radius 2 is 2.12 bits per heavy atom. The Bertz CT molecular complexity index is 189. The second-order valence-electron chi connectivity index (χ2n) is 5.08. The van der Waals surface area contributed by atoms with Gasteiger partial charge in [0, 0.05) is 31.3 Å². The average Bonchev–Trinajstić information content (AvgIpc) is 2.43. The van der Waals surface area contributed by atoms with Gasteiger partial charge in [0.05, 0.1) is 6.10 Å². The minimum atomic E-state index is -0.264. The maximum atomic E-state index is 9.37. The minimum Gasteiger partial charge on any atom is -0.393 e. The van der Waals surface area contributed by atoms with Crippen molar-refractivity contribution in [1.82, 2.24) is 5.32 Å². The number of hydrogen-bond donors (Lipinski definition) is 3. The summed E-state index contributed by atoms with van der Waals surface area (Å²) in [4.78, 5) is 0. The highest BCUT2D eigenvalue weighted by molar-refractivity contribution is 4.92. The Labute approximate surface area is 98.5 Å². The maximum absolute atomic E-state index is 9.37. The number of rotatable bonds is 5. The van der Waals surface area contributed by atoms with Crippen LogP contribution in [0.2, 0.25) is 0 Å². The molecule has 3 unspecified atom stereocenters. The molecule has 4 heteroatoms. The highest BCUT2D eigenvalue weighted by Crippen LogP contribution is 2.21. The maximum Gasteiger partial charge on any atom is 0.0526 e. The molecule has 0 aromatic carbocycles. The lowest BCUT2D eigenvalue weighted by molar-refractivity contribution is 0.130. The zero-order valence-corrected chi connectivity index (χ0v) is 10.5. The monoisotopic (exact) mass is 230 g/mol. The molecule has 0 aromatic rings. The zero-order valence-electron chi connectivity index (χ0n) is 10.5. The Balaban J connectivity index is 2.50. The van der Waals surface area contributed by atoms with Gasteiger partial charge < -0.3 is 20.9 Å². The Hall–Kier alpha value is -0.160. The molecule has 0 amide bonds. The summed E-state index contributed by atoms with van der Waals surface area (Å²) < 4.78 is 5.47. The Morgan fingerprint density at radius 3 is 2.75 bits per heavy atom. The molecule has 16 heavy (non-hydrogen) atoms. The topological polar surface area (TPSA) is 67.5 Å². The van der Waals surface area contributed by atoms with Crippen molar-refractivity contribution in [2.45, 2.75) is 57.2 Å². The van der Waals surface area contributed by atoms with Gasteiger partial charge in [-0.1, -0.05) is 0 Å². The largest absolute Gasteiger partial charge is 0.393 e. The van der Waals surface area contributed by atoms with Gasteiger partial charge in [0.25, 0.3) is 0 Å². The van der Waals surface area contributed by atoms with E-state index < -0.39 is 0 Å². The van der Waals surface area contributed by atoms with E-state index >= 15 is 0 Å². The first-order valence-corrected chi connectivity index (χ1v) is 6.31. The van der Waals surface area contributed by atoms with Gasteiger partial charge in [0.15, 0.2) is 0 Å². The SMILES string of the molecule is CC(O)CC(C)NC1(CN)CCCOCC1. The number of aliphatic hydroxyl groups is 1. The lowest BCUT2D eigenvalue weighted by Crippen LogP contribution is -2.55. The molecule has 0 bridgehead atoms. The average molecular weight is 230 g/mol. The molecule has 0 aliphatic carbocycles. The van der Waals surface area contributed by atoms with E-state index in [2.05, 4.69) is 12.2 Å². The molecule has 1 aliphatic heterocycles. The van der Waals surface area contributed by atoms with Gasteiger partial charge in [-0.3, -0.25) is 0 Å². The molecule has 0 aromatic heterocycles. The van der Waals surface area contributed by atoms with E-state index in [9.17, 15) is 5.11 Å². The third-order valence-corrected chi connectivity index (χ3v) is 3.31. The van der Waals surface area contributed by atoms with Crippen LogP contribution in [-0.4, -0.2) is 42.5 Å². The van der Waals surface area contributed by atoms with Crippen LogP contribution in [-0.2, 0) is 4.74 Å². The van der Waals surface area contributed by atoms with Gasteiger partial charge in [-0.15, -0.1) is 0 Å². The third-order valence-electron chi connectivity index (χ3n) is 3.31. The lowest BCUT2D eigenvalue weighted by Gasteiger charge is -2.35. The van der Waals surface area contributed by atoms with Crippen molar-refractivity contribution in [2.75, 3.05) is 19.8 Å². The first-order valence-electron chi connectivity index (χ1n) is 6.31. The van der Waals surface area contributed by atoms with E-state index in [4.69, 9.17) is 10.5 Å². The van der Waals surface area contributed by atoms with Gasteiger partial charge in [-0.2, -0.15) is 0 Å². The summed E-state index contributed by atoms with van der Waals surface area (Å²) in [5, 5.41) is 13.0. The third kappa shape index (κ3) is 4.37. The summed E-state index contributed by atoms with van der Waals surface area (Å²) in [6, 6.07) is 0.293. The Kier molecular flexibility index (Phi) is 5.69. The summed E-state index contributed by atoms with van der Waals surface area (Å²) in [5.74, 6) is 0. The van der Waals surface area contributed by atoms with Crippen molar-refractivity contribution in [2.24, 2.45) is 5.73 Å². The van der Waals surface area contributed by atoms with E-state index in [-0.39, 0.29) is 11.6 Å². The quantitative estimate of drug-likeness (QED) is 0.648.